The molecule has 0 fully saturated rings. The molecular formula is C72H85B2N4O6+. The van der Waals surface area contributed by atoms with Gasteiger partial charge in [-0.25, -0.2) is 0 Å². The van der Waals surface area contributed by atoms with Gasteiger partial charge in [0.1, 0.15) is 18.1 Å². The van der Waals surface area contributed by atoms with E-state index in [9.17, 15) is 24.9 Å². The number of rotatable bonds is 26. The fourth-order valence-corrected chi connectivity index (χ4v) is 12.6. The van der Waals surface area contributed by atoms with Gasteiger partial charge in [0.05, 0.1) is 5.41 Å². The standard InChI is InChI=1S/C72H85B2N4O6/c1-9-45-77-65-30-17-13-26-61(65)71(5,6)68(77)43-37-55-24-21-25-56(38-44-69-72(7,8)62-27-14-18-31-66(62)78(69)46-10-2)70(55)84-60-41-39-59(40-42-60)76(51-58-23-12-16-29-64(58)74(82)83)49-54-35-33-53(34-36-54)48-75(47-20-19-32-67(79)52(3)4)50-57-22-11-15-28-63(57)73(80)81/h11-18,22-23,26-31,33-44,80-83H,3,9-10,19-21,24-25,32,45-51H2,1-2,4-8H3/q+1. The van der Waals surface area contributed by atoms with E-state index < -0.39 is 14.2 Å². The first-order valence-electron chi connectivity index (χ1n) is 30.3. The molecule has 2 heterocycles. The zero-order valence-electron chi connectivity index (χ0n) is 50.5. The number of Topliss-reactive ketones (excluding diaryl/α,β-unsaturated/α-hetero) is 1. The molecule has 0 atom stereocenters. The van der Waals surface area contributed by atoms with Gasteiger partial charge < -0.3 is 34.6 Å². The van der Waals surface area contributed by atoms with E-state index in [-0.39, 0.29) is 16.6 Å². The van der Waals surface area contributed by atoms with Crippen LogP contribution in [0.2, 0.25) is 0 Å². The Hall–Kier alpha value is -7.31. The van der Waals surface area contributed by atoms with Crippen LogP contribution in [0.3, 0.4) is 0 Å². The van der Waals surface area contributed by atoms with Crippen molar-refractivity contribution >= 4 is 53.7 Å². The second kappa shape index (κ2) is 27.6. The average molecular weight is 1120 g/mol. The first-order valence-corrected chi connectivity index (χ1v) is 30.3. The van der Waals surface area contributed by atoms with E-state index in [1.807, 2.05) is 36.4 Å². The third-order valence-corrected chi connectivity index (χ3v) is 17.1. The van der Waals surface area contributed by atoms with Crippen molar-refractivity contribution in [3.63, 3.8) is 0 Å². The SMILES string of the molecule is C=C(C)C(=O)CCCCN(Cc1ccc(CN(Cc2ccccc2B(O)O)c2ccc(OC3=C(/C=C/C4=[N+](CCC)c5ccccc5C4(C)C)CCC/C3=C\C=C3\N(CCC)c4ccccc4C3(C)C)cc2)cc1)Cc1ccccc1B(O)O. The third kappa shape index (κ3) is 14.1. The summed E-state index contributed by atoms with van der Waals surface area (Å²) in [5.41, 5.74) is 16.1. The Balaban J connectivity index is 1.03. The molecule has 2 aliphatic heterocycles. The Morgan fingerprint density at radius 3 is 1.95 bits per heavy atom. The van der Waals surface area contributed by atoms with Crippen LogP contribution in [0.4, 0.5) is 17.1 Å². The van der Waals surface area contributed by atoms with Crippen LogP contribution in [0.5, 0.6) is 5.75 Å². The molecule has 84 heavy (non-hydrogen) atoms. The van der Waals surface area contributed by atoms with Gasteiger partial charge in [0.2, 0.25) is 5.69 Å². The summed E-state index contributed by atoms with van der Waals surface area (Å²) in [6.45, 7) is 24.1. The topological polar surface area (TPSA) is 120 Å². The number of hydrogen-bond donors (Lipinski definition) is 4. The summed E-state index contributed by atoms with van der Waals surface area (Å²) in [6, 6.07) is 49.4. The zero-order chi connectivity index (χ0) is 59.5. The highest BCUT2D eigenvalue weighted by Gasteiger charge is 2.44. The minimum atomic E-state index is -1.63. The maximum atomic E-state index is 12.4. The number of benzene rings is 6. The third-order valence-electron chi connectivity index (χ3n) is 17.1. The van der Waals surface area contributed by atoms with Crippen LogP contribution in [0.1, 0.15) is 133 Å². The van der Waals surface area contributed by atoms with Crippen molar-refractivity contribution < 1.29 is 34.2 Å². The maximum absolute atomic E-state index is 12.4. The summed E-state index contributed by atoms with van der Waals surface area (Å²) < 4.78 is 9.72. The van der Waals surface area contributed by atoms with Crippen molar-refractivity contribution in [2.45, 2.75) is 137 Å². The summed E-state index contributed by atoms with van der Waals surface area (Å²) in [6.07, 6.45) is 16.2. The molecule has 0 aromatic heterocycles. The molecule has 1 aliphatic carbocycles. The Bertz CT molecular complexity index is 3470. The molecule has 0 radical (unpaired) electrons. The monoisotopic (exact) mass is 1120 g/mol. The van der Waals surface area contributed by atoms with E-state index in [1.54, 1.807) is 19.1 Å². The molecule has 0 amide bonds. The minimum Gasteiger partial charge on any atom is -0.457 e. The molecule has 434 valence electrons. The van der Waals surface area contributed by atoms with Crippen LogP contribution < -0.4 is 25.5 Å². The van der Waals surface area contributed by atoms with Crippen LogP contribution in [-0.2, 0) is 41.8 Å². The first-order chi connectivity index (χ1) is 40.5. The highest BCUT2D eigenvalue weighted by molar-refractivity contribution is 6.59. The number of nitrogens with zero attached hydrogens (tertiary/aromatic N) is 4. The molecule has 10 nitrogen and oxygen atoms in total. The molecule has 0 spiro atoms. The van der Waals surface area contributed by atoms with Crippen molar-refractivity contribution in [2.75, 3.05) is 29.4 Å². The van der Waals surface area contributed by atoms with Gasteiger partial charge in [0.25, 0.3) is 0 Å². The average Bonchev–Trinajstić information content (AvgIpc) is 2.52. The lowest BCUT2D eigenvalue weighted by Gasteiger charge is -2.28. The summed E-state index contributed by atoms with van der Waals surface area (Å²) in [5, 5.41) is 41.5. The van der Waals surface area contributed by atoms with Crippen molar-refractivity contribution in [3.05, 3.63) is 238 Å². The zero-order valence-corrected chi connectivity index (χ0v) is 50.5. The van der Waals surface area contributed by atoms with Gasteiger partial charge in [0, 0.05) is 85.8 Å². The summed E-state index contributed by atoms with van der Waals surface area (Å²) in [5.74, 6) is 1.70. The van der Waals surface area contributed by atoms with Crippen molar-refractivity contribution in [1.29, 1.82) is 0 Å². The molecule has 6 aromatic rings. The smallest absolute Gasteiger partial charge is 0.457 e. The number of unbranched alkanes of at least 4 members (excludes halogenated alkanes) is 1. The van der Waals surface area contributed by atoms with Crippen LogP contribution in [0, 0.1) is 0 Å². The normalized spacial score (nSPS) is 16.3. The largest absolute Gasteiger partial charge is 0.488 e. The number of anilines is 2. The van der Waals surface area contributed by atoms with Crippen LogP contribution in [0.25, 0.3) is 0 Å². The maximum Gasteiger partial charge on any atom is 0.488 e. The minimum absolute atomic E-state index is 0.0775. The van der Waals surface area contributed by atoms with Gasteiger partial charge in [-0.1, -0.05) is 150 Å². The van der Waals surface area contributed by atoms with Crippen LogP contribution in [0.15, 0.2) is 205 Å². The molecule has 9 rings (SSSR count). The van der Waals surface area contributed by atoms with E-state index in [0.717, 1.165) is 97.5 Å². The molecule has 3 aliphatic rings. The number of hydrogen-bond acceptors (Lipinski definition) is 9. The Morgan fingerprint density at radius 1 is 0.679 bits per heavy atom. The molecule has 0 unspecified atom stereocenters. The second-order valence-corrected chi connectivity index (χ2v) is 24.0. The number of fused-ring (bicyclic) bond motifs is 2. The predicted octanol–water partition coefficient (Wildman–Crippen LogP) is 12.4. The number of ketones is 1. The van der Waals surface area contributed by atoms with Crippen molar-refractivity contribution in [2.24, 2.45) is 0 Å². The fourth-order valence-electron chi connectivity index (χ4n) is 12.6. The van der Waals surface area contributed by atoms with Crippen molar-refractivity contribution in [1.82, 2.24) is 4.90 Å². The van der Waals surface area contributed by atoms with Gasteiger partial charge in [0.15, 0.2) is 11.5 Å². The van der Waals surface area contributed by atoms with E-state index in [4.69, 9.17) is 4.74 Å². The summed E-state index contributed by atoms with van der Waals surface area (Å²) in [4.78, 5) is 19.4. The molecule has 6 aromatic carbocycles. The lowest BCUT2D eigenvalue weighted by atomic mass is 9.77. The Labute approximate surface area is 500 Å². The molecule has 12 heteroatoms. The highest BCUT2D eigenvalue weighted by Crippen LogP contribution is 2.48. The number of carbonyl (C=O) groups is 1. The van der Waals surface area contributed by atoms with Gasteiger partial charge >= 0.3 is 14.2 Å². The first kappa shape index (κ1) is 61.3. The van der Waals surface area contributed by atoms with E-state index in [1.165, 1.54) is 45.1 Å². The number of allylic oxidation sites excluding steroid dienone is 8. The fraction of sp³-hybridized carbons (Fsp3) is 0.333. The molecule has 0 saturated carbocycles. The van der Waals surface area contributed by atoms with E-state index in [0.29, 0.717) is 55.6 Å². The quantitative estimate of drug-likeness (QED) is 0.0182. The highest BCUT2D eigenvalue weighted by atomic mass is 16.5. The molecule has 0 saturated heterocycles. The van der Waals surface area contributed by atoms with Gasteiger partial charge in [-0.05, 0) is 164 Å². The van der Waals surface area contributed by atoms with Gasteiger partial charge in [-0.3, -0.25) is 9.69 Å². The number of carbonyl (C=O) groups excluding carboxylic acids is 1. The lowest BCUT2D eigenvalue weighted by Crippen LogP contribution is -2.36. The number of ether oxygens (including phenoxy) is 1. The molecular weight excluding hydrogens is 1040 g/mol. The van der Waals surface area contributed by atoms with E-state index >= 15 is 0 Å². The second-order valence-electron chi connectivity index (χ2n) is 24.0. The van der Waals surface area contributed by atoms with Gasteiger partial charge in [-0.15, -0.1) is 0 Å². The lowest BCUT2D eigenvalue weighted by molar-refractivity contribution is -0.437. The Morgan fingerprint density at radius 2 is 1.30 bits per heavy atom. The number of para-hydroxylation sites is 2. The van der Waals surface area contributed by atoms with Crippen molar-refractivity contribution in [3.8, 4) is 5.75 Å². The molecule has 0 bridgehead atoms. The van der Waals surface area contributed by atoms with Crippen LogP contribution >= 0.6 is 0 Å². The molecule has 4 N–H and O–H groups in total. The summed E-state index contributed by atoms with van der Waals surface area (Å²) >= 11 is 0. The van der Waals surface area contributed by atoms with Gasteiger partial charge in [-0.2, -0.15) is 4.58 Å². The predicted molar refractivity (Wildman–Crippen MR) is 347 cm³/mol. The van der Waals surface area contributed by atoms with Crippen LogP contribution in [-0.4, -0.2) is 74.9 Å². The Kier molecular flexibility index (Phi) is 20.1. The van der Waals surface area contributed by atoms with E-state index in [2.05, 4.69) is 189 Å². The summed E-state index contributed by atoms with van der Waals surface area (Å²) in [7, 11) is -3.21.